The molecule has 3 nitrogen and oxygen atoms in total. The van der Waals surface area contributed by atoms with Crippen LogP contribution in [0.4, 0.5) is 5.69 Å². The van der Waals surface area contributed by atoms with E-state index < -0.39 is 0 Å². The minimum Gasteiger partial charge on any atom is -0.322 e. The van der Waals surface area contributed by atoms with Crippen LogP contribution in [0.1, 0.15) is 24.2 Å². The molecule has 0 radical (unpaired) electrons. The lowest BCUT2D eigenvalue weighted by molar-refractivity contribution is 0.102. The van der Waals surface area contributed by atoms with Crippen LogP contribution in [0.15, 0.2) is 52.9 Å². The zero-order valence-corrected chi connectivity index (χ0v) is 14.0. The third-order valence-corrected chi connectivity index (χ3v) is 4.86. The van der Waals surface area contributed by atoms with Gasteiger partial charge in [-0.2, -0.15) is 0 Å². The molecule has 0 fully saturated rings. The number of amides is 1. The van der Waals surface area contributed by atoms with Crippen LogP contribution in [0.3, 0.4) is 0 Å². The van der Waals surface area contributed by atoms with Gasteiger partial charge in [-0.25, -0.2) is 4.98 Å². The molecular formula is C17H16N2OS2. The van der Waals surface area contributed by atoms with Crippen LogP contribution in [0.2, 0.25) is 0 Å². The molecule has 0 spiro atoms. The Kier molecular flexibility index (Phi) is 4.45. The van der Waals surface area contributed by atoms with E-state index in [0.717, 1.165) is 20.8 Å². The van der Waals surface area contributed by atoms with Crippen molar-refractivity contribution in [3.8, 4) is 0 Å². The van der Waals surface area contributed by atoms with Crippen LogP contribution < -0.4 is 5.32 Å². The topological polar surface area (TPSA) is 42.0 Å². The molecule has 0 saturated heterocycles. The molecular weight excluding hydrogens is 312 g/mol. The number of anilines is 1. The summed E-state index contributed by atoms with van der Waals surface area (Å²) in [7, 11) is 0. The average Bonchev–Trinajstić information content (AvgIpc) is 2.94. The summed E-state index contributed by atoms with van der Waals surface area (Å²) in [6.45, 7) is 4.28. The van der Waals surface area contributed by atoms with Gasteiger partial charge in [-0.3, -0.25) is 4.79 Å². The smallest absolute Gasteiger partial charge is 0.255 e. The maximum atomic E-state index is 12.4. The fraction of sp³-hybridized carbons (Fsp3) is 0.176. The molecule has 0 aliphatic carbocycles. The number of carbonyl (C=O) groups excluding carboxylic acids is 1. The second kappa shape index (κ2) is 6.50. The first-order chi connectivity index (χ1) is 10.6. The molecule has 0 aliphatic rings. The minimum absolute atomic E-state index is 0.0965. The van der Waals surface area contributed by atoms with Crippen LogP contribution in [0.25, 0.3) is 10.2 Å². The van der Waals surface area contributed by atoms with Crippen LogP contribution in [0.5, 0.6) is 0 Å². The number of nitrogens with zero attached hydrogens (tertiary/aromatic N) is 1. The number of thiazole rings is 1. The number of carbonyl (C=O) groups is 1. The Bertz CT molecular complexity index is 811. The van der Waals surface area contributed by atoms with Crippen LogP contribution >= 0.6 is 23.1 Å². The highest BCUT2D eigenvalue weighted by Gasteiger charge is 2.08. The standard InChI is InChI=1S/C17H16N2OS2/c1-11(2)22-14-5-3-4-12(8-14)17(20)19-13-6-7-16-15(9-13)18-10-21-16/h3-11H,1-2H3,(H,19,20). The Balaban J connectivity index is 1.78. The van der Waals surface area contributed by atoms with Crippen LogP contribution in [0, 0.1) is 0 Å². The highest BCUT2D eigenvalue weighted by Crippen LogP contribution is 2.25. The highest BCUT2D eigenvalue weighted by molar-refractivity contribution is 7.99. The first kappa shape index (κ1) is 15.1. The SMILES string of the molecule is CC(C)Sc1cccc(C(=O)Nc2ccc3scnc3c2)c1. The van der Waals surface area contributed by atoms with Crippen molar-refractivity contribution in [2.45, 2.75) is 24.0 Å². The summed E-state index contributed by atoms with van der Waals surface area (Å²) in [6, 6.07) is 13.5. The first-order valence-electron chi connectivity index (χ1n) is 7.03. The predicted molar refractivity (Wildman–Crippen MR) is 95.0 cm³/mol. The molecule has 2 aromatic carbocycles. The van der Waals surface area contributed by atoms with Crippen molar-refractivity contribution in [2.24, 2.45) is 0 Å². The third kappa shape index (κ3) is 3.48. The quantitative estimate of drug-likeness (QED) is 0.682. The van der Waals surface area contributed by atoms with E-state index in [0.29, 0.717) is 10.8 Å². The van der Waals surface area contributed by atoms with Crippen molar-refractivity contribution in [2.75, 3.05) is 5.32 Å². The van der Waals surface area contributed by atoms with Crippen molar-refractivity contribution < 1.29 is 4.79 Å². The van der Waals surface area contributed by atoms with E-state index in [9.17, 15) is 4.79 Å². The average molecular weight is 328 g/mol. The van der Waals surface area contributed by atoms with E-state index in [2.05, 4.69) is 24.1 Å². The lowest BCUT2D eigenvalue weighted by Gasteiger charge is -2.08. The number of fused-ring (bicyclic) bond motifs is 1. The lowest BCUT2D eigenvalue weighted by atomic mass is 10.2. The van der Waals surface area contributed by atoms with Crippen LogP contribution in [-0.2, 0) is 0 Å². The molecule has 0 saturated carbocycles. The number of hydrogen-bond donors (Lipinski definition) is 1. The van der Waals surface area contributed by atoms with E-state index in [1.165, 1.54) is 0 Å². The molecule has 1 heterocycles. The van der Waals surface area contributed by atoms with Crippen molar-refractivity contribution in [1.82, 2.24) is 4.98 Å². The molecule has 5 heteroatoms. The molecule has 22 heavy (non-hydrogen) atoms. The van der Waals surface area contributed by atoms with E-state index in [1.54, 1.807) is 23.1 Å². The maximum absolute atomic E-state index is 12.4. The largest absolute Gasteiger partial charge is 0.322 e. The molecule has 3 rings (SSSR count). The van der Waals surface area contributed by atoms with Gasteiger partial charge in [-0.05, 0) is 36.4 Å². The first-order valence-corrected chi connectivity index (χ1v) is 8.79. The van der Waals surface area contributed by atoms with Gasteiger partial charge < -0.3 is 5.32 Å². The fourth-order valence-electron chi connectivity index (χ4n) is 2.12. The van der Waals surface area contributed by atoms with Gasteiger partial charge in [-0.1, -0.05) is 19.9 Å². The normalized spacial score (nSPS) is 11.0. The fourth-order valence-corrected chi connectivity index (χ4v) is 3.68. The molecule has 1 N–H and O–H groups in total. The molecule has 112 valence electrons. The summed E-state index contributed by atoms with van der Waals surface area (Å²) in [5, 5.41) is 3.43. The number of thioether (sulfide) groups is 1. The van der Waals surface area contributed by atoms with Gasteiger partial charge >= 0.3 is 0 Å². The maximum Gasteiger partial charge on any atom is 0.255 e. The molecule has 0 atom stereocenters. The highest BCUT2D eigenvalue weighted by atomic mass is 32.2. The zero-order chi connectivity index (χ0) is 15.5. The number of aromatic nitrogens is 1. The van der Waals surface area contributed by atoms with Gasteiger partial charge in [0.2, 0.25) is 0 Å². The second-order valence-corrected chi connectivity index (χ2v) is 7.72. The lowest BCUT2D eigenvalue weighted by Crippen LogP contribution is -2.11. The number of nitrogens with one attached hydrogen (secondary N) is 1. The van der Waals surface area contributed by atoms with Crippen molar-refractivity contribution in [1.29, 1.82) is 0 Å². The van der Waals surface area contributed by atoms with E-state index in [1.807, 2.05) is 48.0 Å². The van der Waals surface area contributed by atoms with E-state index >= 15 is 0 Å². The Morgan fingerprint density at radius 1 is 1.23 bits per heavy atom. The van der Waals surface area contributed by atoms with Gasteiger partial charge in [0.25, 0.3) is 5.91 Å². The van der Waals surface area contributed by atoms with Gasteiger partial charge in [0.1, 0.15) is 0 Å². The summed E-state index contributed by atoms with van der Waals surface area (Å²) in [4.78, 5) is 17.8. The molecule has 0 unspecified atom stereocenters. The third-order valence-electron chi connectivity index (χ3n) is 3.06. The zero-order valence-electron chi connectivity index (χ0n) is 12.4. The Morgan fingerprint density at radius 2 is 2.09 bits per heavy atom. The number of rotatable bonds is 4. The number of hydrogen-bond acceptors (Lipinski definition) is 4. The van der Waals surface area contributed by atoms with E-state index in [4.69, 9.17) is 0 Å². The van der Waals surface area contributed by atoms with Gasteiger partial charge in [0.05, 0.1) is 15.7 Å². The Morgan fingerprint density at radius 3 is 2.91 bits per heavy atom. The Hall–Kier alpha value is -1.85. The molecule has 0 aliphatic heterocycles. The summed E-state index contributed by atoms with van der Waals surface area (Å²) in [5.41, 5.74) is 4.16. The van der Waals surface area contributed by atoms with Crippen molar-refractivity contribution >= 4 is 44.9 Å². The minimum atomic E-state index is -0.0965. The Labute approximate surface area is 137 Å². The summed E-state index contributed by atoms with van der Waals surface area (Å²) >= 11 is 3.34. The molecule has 3 aromatic rings. The molecule has 1 aromatic heterocycles. The van der Waals surface area contributed by atoms with Crippen molar-refractivity contribution in [3.05, 3.63) is 53.5 Å². The molecule has 1 amide bonds. The number of benzene rings is 2. The van der Waals surface area contributed by atoms with Crippen LogP contribution in [-0.4, -0.2) is 16.1 Å². The van der Waals surface area contributed by atoms with E-state index in [-0.39, 0.29) is 5.91 Å². The summed E-state index contributed by atoms with van der Waals surface area (Å²) in [5.74, 6) is -0.0965. The van der Waals surface area contributed by atoms with Gasteiger partial charge in [-0.15, -0.1) is 23.1 Å². The van der Waals surface area contributed by atoms with Gasteiger partial charge in [0.15, 0.2) is 0 Å². The summed E-state index contributed by atoms with van der Waals surface area (Å²) in [6.07, 6.45) is 0. The summed E-state index contributed by atoms with van der Waals surface area (Å²) < 4.78 is 1.12. The predicted octanol–water partition coefficient (Wildman–Crippen LogP) is 5.05. The second-order valence-electron chi connectivity index (χ2n) is 5.18. The molecule has 0 bridgehead atoms. The van der Waals surface area contributed by atoms with Gasteiger partial charge in [0, 0.05) is 21.4 Å². The monoisotopic (exact) mass is 328 g/mol. The van der Waals surface area contributed by atoms with Crippen molar-refractivity contribution in [3.63, 3.8) is 0 Å².